The summed E-state index contributed by atoms with van der Waals surface area (Å²) in [5, 5.41) is 0. The number of rotatable bonds is 2. The maximum Gasteiger partial charge on any atom is 0.204 e. The Balaban J connectivity index is 2.08. The molecule has 0 amide bonds. The number of hydrogen-bond donors (Lipinski definition) is 1. The van der Waals surface area contributed by atoms with E-state index in [1.54, 1.807) is 6.20 Å². The Hall–Kier alpha value is -2.55. The van der Waals surface area contributed by atoms with Crippen LogP contribution in [0.25, 0.3) is 16.8 Å². The van der Waals surface area contributed by atoms with E-state index in [0.29, 0.717) is 5.95 Å². The summed E-state index contributed by atoms with van der Waals surface area (Å²) in [7, 11) is 0. The summed E-state index contributed by atoms with van der Waals surface area (Å²) in [6, 6.07) is 18.5. The molecule has 2 aromatic carbocycles. The average Bonchev–Trinajstić information content (AvgIpc) is 2.86. The fraction of sp³-hybridized carbons (Fsp3) is 0. The van der Waals surface area contributed by atoms with Gasteiger partial charge in [0.05, 0.1) is 0 Å². The second kappa shape index (κ2) is 4.37. The Kier molecular flexibility index (Phi) is 2.57. The molecule has 3 rings (SSSR count). The quantitative estimate of drug-likeness (QED) is 0.741. The Morgan fingerprint density at radius 1 is 0.889 bits per heavy atom. The Morgan fingerprint density at radius 2 is 1.67 bits per heavy atom. The standard InChI is InChI=1S/C15H13N3/c16-15-17-9-10-18(15)14-8-4-7-13(11-14)12-5-2-1-3-6-12/h1-11H,(H2,16,17). The van der Waals surface area contributed by atoms with Gasteiger partial charge in [-0.05, 0) is 23.3 Å². The van der Waals surface area contributed by atoms with E-state index in [0.717, 1.165) is 5.69 Å². The minimum absolute atomic E-state index is 0.500. The molecule has 0 saturated carbocycles. The van der Waals surface area contributed by atoms with E-state index in [1.807, 2.05) is 41.1 Å². The number of benzene rings is 2. The Morgan fingerprint density at radius 3 is 2.39 bits per heavy atom. The molecule has 2 N–H and O–H groups in total. The molecule has 1 aromatic heterocycles. The molecule has 3 aromatic rings. The van der Waals surface area contributed by atoms with Crippen molar-refractivity contribution in [1.29, 1.82) is 0 Å². The second-order valence-electron chi connectivity index (χ2n) is 4.07. The van der Waals surface area contributed by atoms with Crippen molar-refractivity contribution in [1.82, 2.24) is 9.55 Å². The summed E-state index contributed by atoms with van der Waals surface area (Å²) < 4.78 is 1.87. The highest BCUT2D eigenvalue weighted by atomic mass is 15.1. The van der Waals surface area contributed by atoms with Crippen LogP contribution < -0.4 is 5.73 Å². The minimum atomic E-state index is 0.500. The molecule has 0 saturated heterocycles. The van der Waals surface area contributed by atoms with Gasteiger partial charge in [0.2, 0.25) is 5.95 Å². The van der Waals surface area contributed by atoms with Crippen molar-refractivity contribution < 1.29 is 0 Å². The molecule has 0 radical (unpaired) electrons. The van der Waals surface area contributed by atoms with E-state index >= 15 is 0 Å². The highest BCUT2D eigenvalue weighted by Crippen LogP contribution is 2.22. The monoisotopic (exact) mass is 235 g/mol. The van der Waals surface area contributed by atoms with E-state index < -0.39 is 0 Å². The van der Waals surface area contributed by atoms with Crippen molar-refractivity contribution in [2.45, 2.75) is 0 Å². The highest BCUT2D eigenvalue weighted by molar-refractivity contribution is 5.66. The van der Waals surface area contributed by atoms with Crippen molar-refractivity contribution >= 4 is 5.95 Å². The molecule has 3 heteroatoms. The molecule has 3 nitrogen and oxygen atoms in total. The van der Waals surface area contributed by atoms with E-state index in [-0.39, 0.29) is 0 Å². The zero-order valence-electron chi connectivity index (χ0n) is 9.82. The van der Waals surface area contributed by atoms with Gasteiger partial charge in [-0.1, -0.05) is 42.5 Å². The van der Waals surface area contributed by atoms with Crippen LogP contribution in [0.5, 0.6) is 0 Å². The van der Waals surface area contributed by atoms with Gasteiger partial charge < -0.3 is 5.73 Å². The first kappa shape index (κ1) is 10.6. The van der Waals surface area contributed by atoms with Crippen LogP contribution in [0.1, 0.15) is 0 Å². The van der Waals surface area contributed by atoms with Gasteiger partial charge in [-0.3, -0.25) is 4.57 Å². The van der Waals surface area contributed by atoms with Crippen LogP contribution in [0.2, 0.25) is 0 Å². The lowest BCUT2D eigenvalue weighted by molar-refractivity contribution is 1.08. The maximum atomic E-state index is 5.81. The van der Waals surface area contributed by atoms with Crippen molar-refractivity contribution in [3.63, 3.8) is 0 Å². The van der Waals surface area contributed by atoms with E-state index in [1.165, 1.54) is 11.1 Å². The first-order chi connectivity index (χ1) is 8.84. The van der Waals surface area contributed by atoms with Crippen LogP contribution in [0.15, 0.2) is 67.0 Å². The number of nitrogens with two attached hydrogens (primary N) is 1. The first-order valence-corrected chi connectivity index (χ1v) is 5.79. The number of aromatic nitrogens is 2. The van der Waals surface area contributed by atoms with Gasteiger partial charge >= 0.3 is 0 Å². The van der Waals surface area contributed by atoms with Gasteiger partial charge in [-0.15, -0.1) is 0 Å². The molecular formula is C15H13N3. The van der Waals surface area contributed by atoms with Crippen molar-refractivity contribution in [3.8, 4) is 16.8 Å². The Labute approximate surface area is 106 Å². The van der Waals surface area contributed by atoms with E-state index in [4.69, 9.17) is 5.73 Å². The van der Waals surface area contributed by atoms with Crippen molar-refractivity contribution in [3.05, 3.63) is 67.0 Å². The second-order valence-corrected chi connectivity index (χ2v) is 4.07. The fourth-order valence-corrected chi connectivity index (χ4v) is 2.00. The van der Waals surface area contributed by atoms with Gasteiger partial charge in [0, 0.05) is 18.1 Å². The predicted octanol–water partition coefficient (Wildman–Crippen LogP) is 3.12. The number of imidazole rings is 1. The molecule has 18 heavy (non-hydrogen) atoms. The van der Waals surface area contributed by atoms with E-state index in [9.17, 15) is 0 Å². The normalized spacial score (nSPS) is 10.4. The molecule has 0 spiro atoms. The summed E-state index contributed by atoms with van der Waals surface area (Å²) in [6.07, 6.45) is 3.56. The fourth-order valence-electron chi connectivity index (χ4n) is 2.00. The van der Waals surface area contributed by atoms with Crippen LogP contribution in [0, 0.1) is 0 Å². The molecule has 0 unspecified atom stereocenters. The minimum Gasteiger partial charge on any atom is -0.369 e. The summed E-state index contributed by atoms with van der Waals surface area (Å²) >= 11 is 0. The SMILES string of the molecule is Nc1nccn1-c1cccc(-c2ccccc2)c1. The molecular weight excluding hydrogens is 222 g/mol. The van der Waals surface area contributed by atoms with Gasteiger partial charge in [-0.25, -0.2) is 4.98 Å². The van der Waals surface area contributed by atoms with Gasteiger partial charge in [-0.2, -0.15) is 0 Å². The van der Waals surface area contributed by atoms with Gasteiger partial charge in [0.15, 0.2) is 0 Å². The van der Waals surface area contributed by atoms with E-state index in [2.05, 4.69) is 29.2 Å². The Bertz CT molecular complexity index is 656. The highest BCUT2D eigenvalue weighted by Gasteiger charge is 2.03. The van der Waals surface area contributed by atoms with Crippen LogP contribution >= 0.6 is 0 Å². The van der Waals surface area contributed by atoms with Crippen LogP contribution in [0.4, 0.5) is 5.95 Å². The van der Waals surface area contributed by atoms with Gasteiger partial charge in [0.25, 0.3) is 0 Å². The third kappa shape index (κ3) is 1.86. The summed E-state index contributed by atoms with van der Waals surface area (Å²) in [6.45, 7) is 0. The molecule has 0 aliphatic rings. The third-order valence-corrected chi connectivity index (χ3v) is 2.90. The number of nitrogens with zero attached hydrogens (tertiary/aromatic N) is 2. The lowest BCUT2D eigenvalue weighted by Crippen LogP contribution is -1.99. The molecule has 88 valence electrons. The van der Waals surface area contributed by atoms with Crippen LogP contribution in [-0.2, 0) is 0 Å². The average molecular weight is 235 g/mol. The van der Waals surface area contributed by atoms with Crippen molar-refractivity contribution in [2.24, 2.45) is 0 Å². The number of hydrogen-bond acceptors (Lipinski definition) is 2. The summed E-state index contributed by atoms with van der Waals surface area (Å²) in [5.74, 6) is 0.500. The topological polar surface area (TPSA) is 43.8 Å². The molecule has 0 atom stereocenters. The summed E-state index contributed by atoms with van der Waals surface area (Å²) in [4.78, 5) is 4.04. The molecule has 1 heterocycles. The largest absolute Gasteiger partial charge is 0.369 e. The number of nitrogen functional groups attached to an aromatic ring is 1. The van der Waals surface area contributed by atoms with Crippen LogP contribution in [0.3, 0.4) is 0 Å². The summed E-state index contributed by atoms with van der Waals surface area (Å²) in [5.41, 5.74) is 9.19. The lowest BCUT2D eigenvalue weighted by atomic mass is 10.1. The maximum absolute atomic E-state index is 5.81. The zero-order valence-corrected chi connectivity index (χ0v) is 9.82. The van der Waals surface area contributed by atoms with Crippen molar-refractivity contribution in [2.75, 3.05) is 5.73 Å². The molecule has 0 bridgehead atoms. The smallest absolute Gasteiger partial charge is 0.204 e. The molecule has 0 fully saturated rings. The first-order valence-electron chi connectivity index (χ1n) is 5.79. The molecule has 0 aliphatic carbocycles. The third-order valence-electron chi connectivity index (χ3n) is 2.90. The zero-order chi connectivity index (χ0) is 12.4. The van der Waals surface area contributed by atoms with Gasteiger partial charge in [0.1, 0.15) is 0 Å². The molecule has 0 aliphatic heterocycles. The lowest BCUT2D eigenvalue weighted by Gasteiger charge is -2.07. The number of anilines is 1. The predicted molar refractivity (Wildman–Crippen MR) is 73.4 cm³/mol. The van der Waals surface area contributed by atoms with Crippen LogP contribution in [-0.4, -0.2) is 9.55 Å².